The molecule has 16 heavy (non-hydrogen) atoms. The van der Waals surface area contributed by atoms with Gasteiger partial charge in [-0.1, -0.05) is 20.8 Å². The van der Waals surface area contributed by atoms with Crippen LogP contribution in [0.2, 0.25) is 0 Å². The summed E-state index contributed by atoms with van der Waals surface area (Å²) in [6.45, 7) is 3.51. The molecule has 2 N–H and O–H groups in total. The number of rotatable bonds is 1. The van der Waals surface area contributed by atoms with Crippen molar-refractivity contribution in [2.24, 2.45) is 5.41 Å². The van der Waals surface area contributed by atoms with E-state index in [-0.39, 0.29) is 0 Å². The summed E-state index contributed by atoms with van der Waals surface area (Å²) in [6.07, 6.45) is -2.05. The van der Waals surface area contributed by atoms with Crippen LogP contribution in [0.3, 0.4) is 0 Å². The number of halogens is 2. The fourth-order valence-corrected chi connectivity index (χ4v) is 2.26. The van der Waals surface area contributed by atoms with Gasteiger partial charge in [0.15, 0.2) is 0 Å². The highest BCUT2D eigenvalue weighted by Crippen LogP contribution is 2.48. The van der Waals surface area contributed by atoms with Gasteiger partial charge in [-0.3, -0.25) is 4.90 Å². The van der Waals surface area contributed by atoms with E-state index < -0.39 is 42.5 Å². The normalized spacial score (nSPS) is 29.5. The van der Waals surface area contributed by atoms with Crippen molar-refractivity contribution in [1.82, 2.24) is 4.90 Å². The van der Waals surface area contributed by atoms with Crippen LogP contribution in [0.4, 0.5) is 13.6 Å². The Kier molecular flexibility index (Phi) is 2.92. The summed E-state index contributed by atoms with van der Waals surface area (Å²) >= 11 is 0. The fraction of sp³-hybridized carbons (Fsp3) is 0.900. The molecule has 1 aliphatic rings. The van der Waals surface area contributed by atoms with Crippen molar-refractivity contribution in [2.45, 2.75) is 38.7 Å². The average molecular weight is 237 g/mol. The number of hydrogen-bond acceptors (Lipinski definition) is 2. The number of hydrogen-bond donors (Lipinski definition) is 2. The van der Waals surface area contributed by atoms with Gasteiger partial charge in [-0.2, -0.15) is 0 Å². The summed E-state index contributed by atoms with van der Waals surface area (Å²) in [5.41, 5.74) is -2.16. The number of aliphatic hydroxyl groups excluding tert-OH is 1. The molecule has 0 aromatic heterocycles. The predicted octanol–water partition coefficient (Wildman–Crippen LogP) is 1.78. The van der Waals surface area contributed by atoms with Crippen LogP contribution in [0.15, 0.2) is 0 Å². The summed E-state index contributed by atoms with van der Waals surface area (Å²) in [5.74, 6) is -3.08. The summed E-state index contributed by atoms with van der Waals surface area (Å²) in [6, 6.07) is 0. The van der Waals surface area contributed by atoms with Crippen molar-refractivity contribution in [1.29, 1.82) is 0 Å². The van der Waals surface area contributed by atoms with Crippen molar-refractivity contribution < 1.29 is 23.8 Å². The third-order valence-corrected chi connectivity index (χ3v) is 3.35. The molecule has 4 nitrogen and oxygen atoms in total. The van der Waals surface area contributed by atoms with Crippen LogP contribution in [0.5, 0.6) is 0 Å². The van der Waals surface area contributed by atoms with Gasteiger partial charge in [0.1, 0.15) is 0 Å². The lowest BCUT2D eigenvalue weighted by molar-refractivity contribution is -0.0212. The second-order valence-corrected chi connectivity index (χ2v) is 5.34. The molecular weight excluding hydrogens is 220 g/mol. The van der Waals surface area contributed by atoms with Crippen LogP contribution < -0.4 is 0 Å². The second-order valence-electron chi connectivity index (χ2n) is 5.34. The lowest BCUT2D eigenvalue weighted by atomic mass is 9.72. The first kappa shape index (κ1) is 13.2. The van der Waals surface area contributed by atoms with Crippen LogP contribution >= 0.6 is 0 Å². The second kappa shape index (κ2) is 3.55. The van der Waals surface area contributed by atoms with Crippen LogP contribution in [-0.2, 0) is 0 Å². The molecule has 1 rings (SSSR count). The number of amides is 1. The van der Waals surface area contributed by atoms with Gasteiger partial charge in [0, 0.05) is 6.42 Å². The Morgan fingerprint density at radius 3 is 2.19 bits per heavy atom. The summed E-state index contributed by atoms with van der Waals surface area (Å²) in [5, 5.41) is 18.3. The highest BCUT2D eigenvalue weighted by Gasteiger charge is 2.61. The van der Waals surface area contributed by atoms with Gasteiger partial charge in [0.05, 0.1) is 18.7 Å². The molecule has 94 valence electrons. The number of nitrogens with zero attached hydrogens (tertiary/aromatic N) is 1. The van der Waals surface area contributed by atoms with Gasteiger partial charge in [0.25, 0.3) is 5.92 Å². The highest BCUT2D eigenvalue weighted by molar-refractivity contribution is 5.67. The lowest BCUT2D eigenvalue weighted by Crippen LogP contribution is -2.57. The molecular formula is C10H17F2NO3. The SMILES string of the molecule is CC(C)(C)[C@]1(CO)CC(F)(F)CN1C(=O)O. The van der Waals surface area contributed by atoms with E-state index in [0.29, 0.717) is 4.90 Å². The van der Waals surface area contributed by atoms with Gasteiger partial charge in [-0.05, 0) is 5.41 Å². The Balaban J connectivity index is 3.21. The maximum absolute atomic E-state index is 13.4. The lowest BCUT2D eigenvalue weighted by Gasteiger charge is -2.45. The van der Waals surface area contributed by atoms with Gasteiger partial charge >= 0.3 is 6.09 Å². The van der Waals surface area contributed by atoms with Gasteiger partial charge in [-0.15, -0.1) is 0 Å². The van der Waals surface area contributed by atoms with Gasteiger partial charge in [0.2, 0.25) is 0 Å². The van der Waals surface area contributed by atoms with E-state index in [2.05, 4.69) is 0 Å². The monoisotopic (exact) mass is 237 g/mol. The summed E-state index contributed by atoms with van der Waals surface area (Å²) < 4.78 is 26.7. The maximum Gasteiger partial charge on any atom is 0.408 e. The zero-order valence-electron chi connectivity index (χ0n) is 9.63. The van der Waals surface area contributed by atoms with Crippen LogP contribution in [-0.4, -0.2) is 45.8 Å². The molecule has 1 fully saturated rings. The number of alkyl halides is 2. The van der Waals surface area contributed by atoms with E-state index in [1.807, 2.05) is 0 Å². The Morgan fingerprint density at radius 1 is 1.44 bits per heavy atom. The highest BCUT2D eigenvalue weighted by atomic mass is 19.3. The smallest absolute Gasteiger partial charge is 0.408 e. The minimum Gasteiger partial charge on any atom is -0.465 e. The van der Waals surface area contributed by atoms with E-state index in [9.17, 15) is 18.7 Å². The molecule has 1 amide bonds. The zero-order chi connectivity index (χ0) is 12.8. The Labute approximate surface area is 92.9 Å². The van der Waals surface area contributed by atoms with E-state index in [0.717, 1.165) is 0 Å². The molecule has 1 saturated heterocycles. The Morgan fingerprint density at radius 2 is 1.94 bits per heavy atom. The summed E-state index contributed by atoms with van der Waals surface area (Å²) in [7, 11) is 0. The third kappa shape index (κ3) is 1.86. The molecule has 6 heteroatoms. The van der Waals surface area contributed by atoms with E-state index in [1.54, 1.807) is 20.8 Å². The minimum atomic E-state index is -3.08. The first-order valence-electron chi connectivity index (χ1n) is 5.05. The molecule has 1 aliphatic heterocycles. The minimum absolute atomic E-state index is 0.599. The standard InChI is InChI=1S/C10H17F2NO3/c1-8(2,3)9(6-14)4-10(11,12)5-13(9)7(15)16/h14H,4-6H2,1-3H3,(H,15,16)/t9-/m1/s1. The van der Waals surface area contributed by atoms with Gasteiger partial charge in [-0.25, -0.2) is 13.6 Å². The van der Waals surface area contributed by atoms with E-state index >= 15 is 0 Å². The van der Waals surface area contributed by atoms with Crippen molar-refractivity contribution in [3.8, 4) is 0 Å². The molecule has 0 aliphatic carbocycles. The van der Waals surface area contributed by atoms with E-state index in [1.165, 1.54) is 0 Å². The molecule has 0 saturated carbocycles. The first-order chi connectivity index (χ1) is 7.06. The Hall–Kier alpha value is -0.910. The molecule has 0 unspecified atom stereocenters. The molecule has 1 atom stereocenters. The molecule has 0 aromatic rings. The zero-order valence-corrected chi connectivity index (χ0v) is 9.63. The van der Waals surface area contributed by atoms with Crippen molar-refractivity contribution >= 4 is 6.09 Å². The number of carboxylic acid groups (broad SMARTS) is 1. The third-order valence-electron chi connectivity index (χ3n) is 3.35. The van der Waals surface area contributed by atoms with Crippen LogP contribution in [0.1, 0.15) is 27.2 Å². The quantitative estimate of drug-likeness (QED) is 0.730. The van der Waals surface area contributed by atoms with E-state index in [4.69, 9.17) is 5.11 Å². The summed E-state index contributed by atoms with van der Waals surface area (Å²) in [4.78, 5) is 11.7. The van der Waals surface area contributed by atoms with Crippen LogP contribution in [0, 0.1) is 5.41 Å². The first-order valence-corrected chi connectivity index (χ1v) is 5.05. The topological polar surface area (TPSA) is 60.8 Å². The van der Waals surface area contributed by atoms with Crippen molar-refractivity contribution in [2.75, 3.05) is 13.2 Å². The van der Waals surface area contributed by atoms with Gasteiger partial charge < -0.3 is 10.2 Å². The molecule has 0 bridgehead atoms. The largest absolute Gasteiger partial charge is 0.465 e. The maximum atomic E-state index is 13.4. The van der Waals surface area contributed by atoms with Crippen molar-refractivity contribution in [3.63, 3.8) is 0 Å². The molecule has 0 aromatic carbocycles. The number of carbonyl (C=O) groups is 1. The molecule has 0 radical (unpaired) electrons. The molecule has 0 spiro atoms. The Bertz CT molecular complexity index is 301. The average Bonchev–Trinajstić information content (AvgIpc) is 2.37. The molecule has 1 heterocycles. The number of likely N-dealkylation sites (tertiary alicyclic amines) is 1. The number of aliphatic hydroxyl groups is 1. The van der Waals surface area contributed by atoms with Crippen LogP contribution in [0.25, 0.3) is 0 Å². The van der Waals surface area contributed by atoms with Crippen molar-refractivity contribution in [3.05, 3.63) is 0 Å². The predicted molar refractivity (Wildman–Crippen MR) is 53.6 cm³/mol. The fourth-order valence-electron chi connectivity index (χ4n) is 2.26.